The second-order valence-corrected chi connectivity index (χ2v) is 6.66. The largest absolute Gasteiger partial charge is 0.496 e. The lowest BCUT2D eigenvalue weighted by Gasteiger charge is -2.28. The molecule has 21 heavy (non-hydrogen) atoms. The van der Waals surface area contributed by atoms with Crippen molar-refractivity contribution in [3.05, 3.63) is 45.9 Å². The van der Waals surface area contributed by atoms with Crippen LogP contribution in [-0.4, -0.2) is 19.1 Å². The zero-order chi connectivity index (χ0) is 15.5. The van der Waals surface area contributed by atoms with E-state index >= 15 is 0 Å². The van der Waals surface area contributed by atoms with Crippen LogP contribution < -0.4 is 10.1 Å². The predicted molar refractivity (Wildman–Crippen MR) is 89.3 cm³/mol. The Hall–Kier alpha value is -1.39. The van der Waals surface area contributed by atoms with E-state index in [-0.39, 0.29) is 5.54 Å². The molecular formula is C17H24N2OS. The van der Waals surface area contributed by atoms with E-state index in [2.05, 4.69) is 43.6 Å². The lowest BCUT2D eigenvalue weighted by molar-refractivity contribution is 0.372. The van der Waals surface area contributed by atoms with Crippen LogP contribution in [0.2, 0.25) is 0 Å². The fourth-order valence-corrected chi connectivity index (χ4v) is 3.46. The van der Waals surface area contributed by atoms with Crippen LogP contribution in [0.15, 0.2) is 29.6 Å². The fourth-order valence-electron chi connectivity index (χ4n) is 2.31. The SMILES string of the molecule is CNC(C)(Cc1ccccc1OC)c1nc(C(C)C)cs1. The third-order valence-electron chi connectivity index (χ3n) is 3.87. The monoisotopic (exact) mass is 304 g/mol. The van der Waals surface area contributed by atoms with Crippen molar-refractivity contribution in [2.24, 2.45) is 0 Å². The standard InChI is InChI=1S/C17H24N2OS/c1-12(2)14-11-21-16(19-14)17(3,18-4)10-13-8-6-7-9-15(13)20-5/h6-9,11-12,18H,10H2,1-5H3. The lowest BCUT2D eigenvalue weighted by Crippen LogP contribution is -2.39. The van der Waals surface area contributed by atoms with E-state index in [9.17, 15) is 0 Å². The van der Waals surface area contributed by atoms with Gasteiger partial charge in [-0.1, -0.05) is 32.0 Å². The number of rotatable bonds is 6. The van der Waals surface area contributed by atoms with Gasteiger partial charge in [-0.2, -0.15) is 0 Å². The smallest absolute Gasteiger partial charge is 0.122 e. The van der Waals surface area contributed by atoms with Crippen molar-refractivity contribution in [2.45, 2.75) is 38.6 Å². The van der Waals surface area contributed by atoms with Crippen LogP contribution in [0.1, 0.15) is 43.0 Å². The first-order valence-electron chi connectivity index (χ1n) is 7.27. The molecular weight excluding hydrogens is 280 g/mol. The molecule has 0 saturated carbocycles. The van der Waals surface area contributed by atoms with E-state index in [1.165, 1.54) is 5.56 Å². The Bertz CT molecular complexity index is 594. The second kappa shape index (κ2) is 6.58. The number of aromatic nitrogens is 1. The van der Waals surface area contributed by atoms with E-state index < -0.39 is 0 Å². The highest BCUT2D eigenvalue weighted by atomic mass is 32.1. The van der Waals surface area contributed by atoms with Gasteiger partial charge in [0.15, 0.2) is 0 Å². The Morgan fingerprint density at radius 1 is 1.33 bits per heavy atom. The maximum absolute atomic E-state index is 5.47. The van der Waals surface area contributed by atoms with Crippen LogP contribution in [-0.2, 0) is 12.0 Å². The molecule has 1 N–H and O–H groups in total. The van der Waals surface area contributed by atoms with Crippen molar-refractivity contribution in [1.29, 1.82) is 0 Å². The van der Waals surface area contributed by atoms with Crippen LogP contribution >= 0.6 is 11.3 Å². The number of benzene rings is 1. The van der Waals surface area contributed by atoms with Crippen molar-refractivity contribution in [1.82, 2.24) is 10.3 Å². The second-order valence-electron chi connectivity index (χ2n) is 5.80. The number of hydrogen-bond acceptors (Lipinski definition) is 4. The van der Waals surface area contributed by atoms with E-state index in [0.717, 1.165) is 22.9 Å². The van der Waals surface area contributed by atoms with E-state index in [1.807, 2.05) is 19.2 Å². The number of nitrogens with one attached hydrogen (secondary N) is 1. The highest BCUT2D eigenvalue weighted by molar-refractivity contribution is 7.09. The van der Waals surface area contributed by atoms with Crippen molar-refractivity contribution in [2.75, 3.05) is 14.2 Å². The third kappa shape index (κ3) is 3.44. The van der Waals surface area contributed by atoms with E-state index in [4.69, 9.17) is 9.72 Å². The number of ether oxygens (including phenoxy) is 1. The average molecular weight is 304 g/mol. The molecule has 1 atom stereocenters. The maximum atomic E-state index is 5.47. The first-order valence-corrected chi connectivity index (χ1v) is 8.15. The zero-order valence-electron chi connectivity index (χ0n) is 13.4. The van der Waals surface area contributed by atoms with Crippen LogP contribution in [0.25, 0.3) is 0 Å². The highest BCUT2D eigenvalue weighted by Crippen LogP contribution is 2.32. The summed E-state index contributed by atoms with van der Waals surface area (Å²) in [6, 6.07) is 8.17. The molecule has 0 aliphatic carbocycles. The van der Waals surface area contributed by atoms with Gasteiger partial charge in [0.25, 0.3) is 0 Å². The van der Waals surface area contributed by atoms with Gasteiger partial charge >= 0.3 is 0 Å². The topological polar surface area (TPSA) is 34.1 Å². The van der Waals surface area contributed by atoms with Crippen molar-refractivity contribution >= 4 is 11.3 Å². The lowest BCUT2D eigenvalue weighted by atomic mass is 9.93. The summed E-state index contributed by atoms with van der Waals surface area (Å²) in [7, 11) is 3.71. The van der Waals surface area contributed by atoms with Gasteiger partial charge in [0, 0.05) is 11.8 Å². The summed E-state index contributed by atoms with van der Waals surface area (Å²) >= 11 is 1.73. The van der Waals surface area contributed by atoms with Gasteiger partial charge in [-0.25, -0.2) is 4.98 Å². The Balaban J connectivity index is 2.32. The van der Waals surface area contributed by atoms with Crippen molar-refractivity contribution in [3.8, 4) is 5.75 Å². The molecule has 114 valence electrons. The number of likely N-dealkylation sites (N-methyl/N-ethyl adjacent to an activating group) is 1. The summed E-state index contributed by atoms with van der Waals surface area (Å²) in [5.74, 6) is 1.39. The van der Waals surface area contributed by atoms with Gasteiger partial charge in [-0.3, -0.25) is 0 Å². The molecule has 0 radical (unpaired) electrons. The molecule has 2 rings (SSSR count). The third-order valence-corrected chi connectivity index (χ3v) is 5.00. The summed E-state index contributed by atoms with van der Waals surface area (Å²) < 4.78 is 5.47. The molecule has 1 heterocycles. The summed E-state index contributed by atoms with van der Waals surface area (Å²) in [5.41, 5.74) is 2.17. The van der Waals surface area contributed by atoms with Gasteiger partial charge in [0.1, 0.15) is 10.8 Å². The molecule has 1 aromatic carbocycles. The molecule has 0 spiro atoms. The molecule has 1 aromatic heterocycles. The fraction of sp³-hybridized carbons (Fsp3) is 0.471. The molecule has 1 unspecified atom stereocenters. The van der Waals surface area contributed by atoms with Gasteiger partial charge < -0.3 is 10.1 Å². The van der Waals surface area contributed by atoms with Crippen LogP contribution in [0.3, 0.4) is 0 Å². The minimum atomic E-state index is -0.188. The van der Waals surface area contributed by atoms with Gasteiger partial charge in [0.2, 0.25) is 0 Å². The van der Waals surface area contributed by atoms with Crippen LogP contribution in [0, 0.1) is 0 Å². The summed E-state index contributed by atoms with van der Waals surface area (Å²) in [6.07, 6.45) is 0.846. The molecule has 0 amide bonds. The van der Waals surface area contributed by atoms with Gasteiger partial charge in [-0.05, 0) is 31.5 Å². The highest BCUT2D eigenvalue weighted by Gasteiger charge is 2.29. The Labute approximate surface area is 131 Å². The number of hydrogen-bond donors (Lipinski definition) is 1. The molecule has 0 bridgehead atoms. The van der Waals surface area contributed by atoms with Crippen LogP contribution in [0.5, 0.6) is 5.75 Å². The van der Waals surface area contributed by atoms with Crippen molar-refractivity contribution in [3.63, 3.8) is 0 Å². The number of para-hydroxylation sites is 1. The van der Waals surface area contributed by atoms with Crippen molar-refractivity contribution < 1.29 is 4.74 Å². The maximum Gasteiger partial charge on any atom is 0.122 e. The predicted octanol–water partition coefficient (Wildman–Crippen LogP) is 3.95. The Morgan fingerprint density at radius 2 is 2.05 bits per heavy atom. The summed E-state index contributed by atoms with van der Waals surface area (Å²) in [5, 5.41) is 6.73. The quantitative estimate of drug-likeness (QED) is 0.877. The first-order chi connectivity index (χ1) is 10.00. The molecule has 3 nitrogen and oxygen atoms in total. The average Bonchev–Trinajstić information content (AvgIpc) is 2.98. The molecule has 2 aromatic rings. The molecule has 4 heteroatoms. The minimum Gasteiger partial charge on any atom is -0.496 e. The van der Waals surface area contributed by atoms with Crippen LogP contribution in [0.4, 0.5) is 0 Å². The first kappa shape index (κ1) is 16.0. The number of methoxy groups -OCH3 is 1. The molecule has 0 saturated heterocycles. The Morgan fingerprint density at radius 3 is 2.62 bits per heavy atom. The zero-order valence-corrected chi connectivity index (χ0v) is 14.3. The van der Waals surface area contributed by atoms with Gasteiger partial charge in [-0.15, -0.1) is 11.3 Å². The summed E-state index contributed by atoms with van der Waals surface area (Å²) in [4.78, 5) is 4.82. The van der Waals surface area contributed by atoms with Gasteiger partial charge in [0.05, 0.1) is 18.3 Å². The Kier molecular flexibility index (Phi) is 5.01. The van der Waals surface area contributed by atoms with E-state index in [0.29, 0.717) is 5.92 Å². The molecule has 0 aliphatic heterocycles. The minimum absolute atomic E-state index is 0.188. The molecule has 0 fully saturated rings. The number of thiazole rings is 1. The summed E-state index contributed by atoms with van der Waals surface area (Å²) in [6.45, 7) is 6.55. The van der Waals surface area contributed by atoms with E-state index in [1.54, 1.807) is 18.4 Å². The number of nitrogens with zero attached hydrogens (tertiary/aromatic N) is 1. The molecule has 0 aliphatic rings. The normalized spacial score (nSPS) is 14.2.